The minimum absolute atomic E-state index is 0.0167. The molecule has 6 heteroatoms. The molecule has 0 N–H and O–H groups in total. The van der Waals surface area contributed by atoms with Crippen LogP contribution in [0.2, 0.25) is 0 Å². The van der Waals surface area contributed by atoms with E-state index < -0.39 is 0 Å². The summed E-state index contributed by atoms with van der Waals surface area (Å²) in [6.07, 6.45) is 1.80. The maximum Gasteiger partial charge on any atom is 0.275 e. The number of likely N-dealkylation sites (N-methyl/N-ethyl adjacent to an activating group) is 1. The fraction of sp³-hybridized carbons (Fsp3) is 0.500. The number of hydrogen-bond acceptors (Lipinski definition) is 3. The lowest BCUT2D eigenvalue weighted by atomic mass is 9.87. The van der Waals surface area contributed by atoms with Gasteiger partial charge in [0.05, 0.1) is 44.6 Å². The zero-order chi connectivity index (χ0) is 23.5. The van der Waals surface area contributed by atoms with Crippen molar-refractivity contribution in [1.82, 2.24) is 19.5 Å². The first kappa shape index (κ1) is 22.5. The van der Waals surface area contributed by atoms with Crippen LogP contribution in [0.5, 0.6) is 0 Å². The third kappa shape index (κ3) is 4.16. The molecule has 0 radical (unpaired) electrons. The minimum atomic E-state index is -0.234. The molecular weight excluding hydrogens is 398 g/mol. The highest BCUT2D eigenvalue weighted by molar-refractivity contribution is 5.93. The molecule has 32 heavy (non-hydrogen) atoms. The van der Waals surface area contributed by atoms with Crippen molar-refractivity contribution in [1.29, 1.82) is 0 Å². The molecule has 0 bridgehead atoms. The Morgan fingerprint density at radius 2 is 1.78 bits per heavy atom. The van der Waals surface area contributed by atoms with Crippen LogP contribution in [0.1, 0.15) is 56.2 Å². The number of quaternary nitrogens is 1. The molecule has 4 rings (SSSR count). The van der Waals surface area contributed by atoms with Gasteiger partial charge in [0.25, 0.3) is 5.91 Å². The van der Waals surface area contributed by atoms with Crippen molar-refractivity contribution in [3.63, 3.8) is 0 Å². The number of aromatic nitrogens is 3. The van der Waals surface area contributed by atoms with Crippen molar-refractivity contribution in [2.75, 3.05) is 33.7 Å². The van der Waals surface area contributed by atoms with Crippen molar-refractivity contribution in [2.24, 2.45) is 0 Å². The molecule has 2 aromatic heterocycles. The number of rotatable bonds is 2. The number of carbonyl (C=O) groups is 1. The van der Waals surface area contributed by atoms with Crippen LogP contribution in [-0.2, 0) is 5.41 Å². The number of piperazine rings is 1. The average Bonchev–Trinajstić information content (AvgIpc) is 3.09. The van der Waals surface area contributed by atoms with Crippen LogP contribution in [0, 0.1) is 6.92 Å². The van der Waals surface area contributed by atoms with Gasteiger partial charge in [0, 0.05) is 11.1 Å². The van der Waals surface area contributed by atoms with Crippen LogP contribution in [0.4, 0.5) is 0 Å². The van der Waals surface area contributed by atoms with E-state index in [4.69, 9.17) is 10.1 Å². The molecule has 0 spiro atoms. The monoisotopic (exact) mass is 434 g/mol. The molecule has 0 atom stereocenters. The average molecular weight is 435 g/mol. The SMILES string of the molecule is Cc1ccc(-c2cc(C(C)(C)C)c3nc(C(=O)N4CC[N+](C)(C)CC4(C)C)cn3n2)cc1. The number of benzene rings is 1. The summed E-state index contributed by atoms with van der Waals surface area (Å²) in [5.74, 6) is -0.0167. The Balaban J connectivity index is 1.79. The predicted octanol–water partition coefficient (Wildman–Crippen LogP) is 4.31. The first-order valence-electron chi connectivity index (χ1n) is 11.4. The van der Waals surface area contributed by atoms with E-state index >= 15 is 0 Å². The molecule has 1 fully saturated rings. The van der Waals surface area contributed by atoms with Crippen LogP contribution in [0.3, 0.4) is 0 Å². The molecule has 0 aliphatic carbocycles. The lowest BCUT2D eigenvalue weighted by Gasteiger charge is -2.49. The van der Waals surface area contributed by atoms with E-state index in [1.807, 2.05) is 4.90 Å². The summed E-state index contributed by atoms with van der Waals surface area (Å²) in [7, 11) is 4.45. The third-order valence-corrected chi connectivity index (χ3v) is 6.52. The Bertz CT molecular complexity index is 1170. The number of imidazole rings is 1. The van der Waals surface area contributed by atoms with E-state index in [-0.39, 0.29) is 16.9 Å². The lowest BCUT2D eigenvalue weighted by molar-refractivity contribution is -0.900. The van der Waals surface area contributed by atoms with E-state index in [1.165, 1.54) is 5.56 Å². The van der Waals surface area contributed by atoms with Crippen molar-refractivity contribution in [2.45, 2.75) is 52.5 Å². The molecule has 0 unspecified atom stereocenters. The quantitative estimate of drug-likeness (QED) is 0.565. The maximum atomic E-state index is 13.6. The largest absolute Gasteiger partial charge is 0.325 e. The van der Waals surface area contributed by atoms with Gasteiger partial charge in [-0.3, -0.25) is 4.79 Å². The number of amides is 1. The topological polar surface area (TPSA) is 50.5 Å². The van der Waals surface area contributed by atoms with Crippen LogP contribution in [0.15, 0.2) is 36.5 Å². The van der Waals surface area contributed by atoms with Gasteiger partial charge < -0.3 is 9.38 Å². The van der Waals surface area contributed by atoms with Crippen molar-refractivity contribution < 1.29 is 9.28 Å². The first-order valence-corrected chi connectivity index (χ1v) is 11.4. The fourth-order valence-corrected chi connectivity index (χ4v) is 4.90. The Morgan fingerprint density at radius 1 is 1.12 bits per heavy atom. The summed E-state index contributed by atoms with van der Waals surface area (Å²) >= 11 is 0. The Labute approximate surface area is 191 Å². The van der Waals surface area contributed by atoms with Crippen molar-refractivity contribution >= 4 is 11.6 Å². The number of nitrogens with zero attached hydrogens (tertiary/aromatic N) is 5. The standard InChI is InChI=1S/C26H36N5O/c1-18-9-11-19(12-10-18)21-15-20(25(2,3)4)23-27-22(16-30(23)28-21)24(32)29-13-14-31(7,8)17-26(29,5)6/h9-12,15-16H,13-14,17H2,1-8H3/q+1. The number of fused-ring (bicyclic) bond motifs is 1. The van der Waals surface area contributed by atoms with E-state index in [0.29, 0.717) is 5.69 Å². The van der Waals surface area contributed by atoms with Gasteiger partial charge in [0.2, 0.25) is 0 Å². The highest BCUT2D eigenvalue weighted by Crippen LogP contribution is 2.31. The summed E-state index contributed by atoms with van der Waals surface area (Å²) in [6, 6.07) is 10.5. The van der Waals surface area contributed by atoms with Gasteiger partial charge in [-0.05, 0) is 32.3 Å². The lowest BCUT2D eigenvalue weighted by Crippen LogP contribution is -2.66. The van der Waals surface area contributed by atoms with Crippen LogP contribution in [0.25, 0.3) is 16.9 Å². The normalized spacial score (nSPS) is 18.2. The highest BCUT2D eigenvalue weighted by atomic mass is 16.2. The van der Waals surface area contributed by atoms with E-state index in [9.17, 15) is 4.79 Å². The van der Waals surface area contributed by atoms with Crippen LogP contribution >= 0.6 is 0 Å². The van der Waals surface area contributed by atoms with E-state index in [0.717, 1.165) is 46.6 Å². The molecular formula is C26H36N5O+. The Morgan fingerprint density at radius 3 is 2.38 bits per heavy atom. The van der Waals surface area contributed by atoms with E-state index in [1.54, 1.807) is 10.7 Å². The van der Waals surface area contributed by atoms with Gasteiger partial charge in [0.1, 0.15) is 12.2 Å². The highest BCUT2D eigenvalue weighted by Gasteiger charge is 2.43. The van der Waals surface area contributed by atoms with Crippen LogP contribution < -0.4 is 0 Å². The van der Waals surface area contributed by atoms with Gasteiger partial charge in [-0.25, -0.2) is 9.50 Å². The zero-order valence-corrected chi connectivity index (χ0v) is 20.7. The van der Waals surface area contributed by atoms with Crippen LogP contribution in [-0.4, -0.2) is 69.2 Å². The van der Waals surface area contributed by atoms with E-state index in [2.05, 4.69) is 86.0 Å². The van der Waals surface area contributed by atoms with Gasteiger partial charge in [-0.15, -0.1) is 0 Å². The van der Waals surface area contributed by atoms with Gasteiger partial charge in [-0.2, -0.15) is 5.10 Å². The molecule has 1 aliphatic rings. The van der Waals surface area contributed by atoms with Gasteiger partial charge in [-0.1, -0.05) is 50.6 Å². The summed E-state index contributed by atoms with van der Waals surface area (Å²) in [5.41, 5.74) is 5.08. The second-order valence-corrected chi connectivity index (χ2v) is 11.5. The second-order valence-electron chi connectivity index (χ2n) is 11.5. The molecule has 6 nitrogen and oxygen atoms in total. The predicted molar refractivity (Wildman–Crippen MR) is 129 cm³/mol. The summed E-state index contributed by atoms with van der Waals surface area (Å²) in [5, 5.41) is 4.84. The molecule has 1 aliphatic heterocycles. The number of aryl methyl sites for hydroxylation is 1. The molecule has 3 aromatic rings. The molecule has 1 amide bonds. The Hall–Kier alpha value is -2.73. The molecule has 3 heterocycles. The summed E-state index contributed by atoms with van der Waals surface area (Å²) in [4.78, 5) is 20.4. The number of carbonyl (C=O) groups excluding carboxylic acids is 1. The van der Waals surface area contributed by atoms with Gasteiger partial charge >= 0.3 is 0 Å². The molecule has 1 aromatic carbocycles. The minimum Gasteiger partial charge on any atom is -0.325 e. The molecule has 1 saturated heterocycles. The van der Waals surface area contributed by atoms with Crippen molar-refractivity contribution in [3.05, 3.63) is 53.3 Å². The fourth-order valence-electron chi connectivity index (χ4n) is 4.90. The smallest absolute Gasteiger partial charge is 0.275 e. The van der Waals surface area contributed by atoms with Crippen molar-refractivity contribution in [3.8, 4) is 11.3 Å². The Kier molecular flexibility index (Phi) is 5.20. The molecule has 170 valence electrons. The summed E-state index contributed by atoms with van der Waals surface area (Å²) in [6.45, 7) is 15.5. The maximum absolute atomic E-state index is 13.6. The summed E-state index contributed by atoms with van der Waals surface area (Å²) < 4.78 is 2.71. The molecule has 0 saturated carbocycles. The second kappa shape index (κ2) is 7.41. The third-order valence-electron chi connectivity index (χ3n) is 6.52. The zero-order valence-electron chi connectivity index (χ0n) is 20.7. The number of hydrogen-bond donors (Lipinski definition) is 0. The van der Waals surface area contributed by atoms with Gasteiger partial charge in [0.15, 0.2) is 5.65 Å². The first-order chi connectivity index (χ1) is 14.8.